The molecule has 176 valence electrons. The minimum atomic E-state index is -0.873. The van der Waals surface area contributed by atoms with E-state index >= 15 is 0 Å². The summed E-state index contributed by atoms with van der Waals surface area (Å²) >= 11 is 0. The highest BCUT2D eigenvalue weighted by Gasteiger charge is 2.35. The van der Waals surface area contributed by atoms with Crippen molar-refractivity contribution in [2.75, 3.05) is 0 Å². The molecular formula is C23H34N4O5. The van der Waals surface area contributed by atoms with E-state index in [-0.39, 0.29) is 29.7 Å². The van der Waals surface area contributed by atoms with Crippen LogP contribution < -0.4 is 16.4 Å². The van der Waals surface area contributed by atoms with Crippen LogP contribution in [0.5, 0.6) is 0 Å². The number of hydrogen-bond acceptors (Lipinski definition) is 6. The number of nitrogens with one attached hydrogen (secondary N) is 2. The maximum atomic E-state index is 13.1. The van der Waals surface area contributed by atoms with Crippen molar-refractivity contribution < 1.29 is 18.8 Å². The summed E-state index contributed by atoms with van der Waals surface area (Å²) in [5.74, 6) is 2.57. The number of carbonyl (C=O) groups excluding carboxylic acids is 3. The van der Waals surface area contributed by atoms with E-state index in [4.69, 9.17) is 4.42 Å². The number of aromatic nitrogens is 2. The lowest BCUT2D eigenvalue weighted by Crippen LogP contribution is -2.51. The fraction of sp³-hybridized carbons (Fsp3) is 0.696. The molecule has 1 aliphatic carbocycles. The lowest BCUT2D eigenvalue weighted by atomic mass is 9.83. The smallest absolute Gasteiger partial charge is 0.384 e. The van der Waals surface area contributed by atoms with Crippen LogP contribution in [0.25, 0.3) is 0 Å². The van der Waals surface area contributed by atoms with Gasteiger partial charge in [0, 0.05) is 6.04 Å². The summed E-state index contributed by atoms with van der Waals surface area (Å²) in [6.07, 6.45) is 3.42. The number of nitrogens with zero attached hydrogens (tertiary/aromatic N) is 2. The van der Waals surface area contributed by atoms with Gasteiger partial charge in [-0.15, -0.1) is 5.10 Å². The van der Waals surface area contributed by atoms with Gasteiger partial charge in [0.15, 0.2) is 0 Å². The van der Waals surface area contributed by atoms with E-state index in [0.29, 0.717) is 25.8 Å². The summed E-state index contributed by atoms with van der Waals surface area (Å²) < 4.78 is 6.22. The zero-order chi connectivity index (χ0) is 23.8. The maximum Gasteiger partial charge on any atom is 0.437 e. The van der Waals surface area contributed by atoms with Gasteiger partial charge in [-0.2, -0.15) is 4.68 Å². The molecule has 0 bridgehead atoms. The van der Waals surface area contributed by atoms with Crippen molar-refractivity contribution in [1.29, 1.82) is 0 Å². The van der Waals surface area contributed by atoms with Crippen LogP contribution in [-0.2, 0) is 16.1 Å². The van der Waals surface area contributed by atoms with Crippen LogP contribution in [0.1, 0.15) is 77.4 Å². The van der Waals surface area contributed by atoms with Crippen molar-refractivity contribution in [3.05, 3.63) is 16.4 Å². The summed E-state index contributed by atoms with van der Waals surface area (Å²) in [6.45, 7) is 9.64. The molecule has 1 saturated carbocycles. The molecule has 0 radical (unpaired) electrons. The average molecular weight is 447 g/mol. The molecule has 0 aliphatic heterocycles. The van der Waals surface area contributed by atoms with E-state index in [1.807, 2.05) is 27.7 Å². The Labute approximate surface area is 188 Å². The van der Waals surface area contributed by atoms with Gasteiger partial charge in [-0.1, -0.05) is 46.5 Å². The topological polar surface area (TPSA) is 123 Å². The Hall–Kier alpha value is -2.89. The predicted octanol–water partition coefficient (Wildman–Crippen LogP) is 1.90. The van der Waals surface area contributed by atoms with E-state index in [1.165, 1.54) is 0 Å². The van der Waals surface area contributed by atoms with Gasteiger partial charge in [0.25, 0.3) is 11.8 Å². The first-order chi connectivity index (χ1) is 15.1. The van der Waals surface area contributed by atoms with Crippen molar-refractivity contribution in [3.8, 4) is 11.8 Å². The van der Waals surface area contributed by atoms with Crippen LogP contribution in [0.2, 0.25) is 0 Å². The molecule has 0 aromatic carbocycles. The fourth-order valence-electron chi connectivity index (χ4n) is 3.93. The summed E-state index contributed by atoms with van der Waals surface area (Å²) in [5, 5.41) is 9.69. The summed E-state index contributed by atoms with van der Waals surface area (Å²) in [6, 6.07) is -1.21. The Bertz CT molecular complexity index is 934. The van der Waals surface area contributed by atoms with Crippen molar-refractivity contribution in [2.45, 2.75) is 85.4 Å². The molecule has 2 N–H and O–H groups in total. The Morgan fingerprint density at radius 3 is 2.47 bits per heavy atom. The quantitative estimate of drug-likeness (QED) is 0.441. The fourth-order valence-corrected chi connectivity index (χ4v) is 3.93. The van der Waals surface area contributed by atoms with Crippen molar-refractivity contribution in [3.63, 3.8) is 0 Å². The third-order valence-corrected chi connectivity index (χ3v) is 5.35. The van der Waals surface area contributed by atoms with Crippen LogP contribution in [-0.4, -0.2) is 39.5 Å². The number of rotatable bonds is 9. The molecule has 3 atom stereocenters. The number of hydrogen-bond donors (Lipinski definition) is 2. The van der Waals surface area contributed by atoms with E-state index in [1.54, 1.807) is 6.92 Å². The SMILES string of the molecule is CC#CC(=O)N[C@H]1CCCC[C@H]1C(=O)NC(CC(C)C)C(=O)c1nn(CC(C)C)c(=O)o1. The van der Waals surface area contributed by atoms with Crippen LogP contribution >= 0.6 is 0 Å². The first-order valence-electron chi connectivity index (χ1n) is 11.3. The van der Waals surface area contributed by atoms with Crippen LogP contribution in [0.15, 0.2) is 9.21 Å². The molecule has 1 aromatic rings. The summed E-state index contributed by atoms with van der Waals surface area (Å²) in [4.78, 5) is 50.2. The Balaban J connectivity index is 2.18. The highest BCUT2D eigenvalue weighted by atomic mass is 16.4. The lowest BCUT2D eigenvalue weighted by Gasteiger charge is -2.32. The van der Waals surface area contributed by atoms with Gasteiger partial charge in [-0.25, -0.2) is 4.79 Å². The highest BCUT2D eigenvalue weighted by Crippen LogP contribution is 2.25. The molecule has 1 aliphatic rings. The number of amides is 2. The van der Waals surface area contributed by atoms with E-state index in [0.717, 1.165) is 17.5 Å². The summed E-state index contributed by atoms with van der Waals surface area (Å²) in [5.41, 5.74) is 0. The zero-order valence-electron chi connectivity index (χ0n) is 19.6. The zero-order valence-corrected chi connectivity index (χ0v) is 19.6. The molecule has 1 fully saturated rings. The van der Waals surface area contributed by atoms with Gasteiger partial charge in [-0.05, 0) is 43.9 Å². The van der Waals surface area contributed by atoms with E-state index in [9.17, 15) is 19.2 Å². The van der Waals surface area contributed by atoms with Gasteiger partial charge in [0.2, 0.25) is 11.7 Å². The number of carbonyl (C=O) groups is 3. The monoisotopic (exact) mass is 446 g/mol. The average Bonchev–Trinajstić information content (AvgIpc) is 3.06. The molecule has 9 nitrogen and oxygen atoms in total. The molecule has 0 saturated heterocycles. The Kier molecular flexibility index (Phi) is 9.24. The molecule has 0 spiro atoms. The van der Waals surface area contributed by atoms with Crippen LogP contribution in [0.4, 0.5) is 0 Å². The molecule has 2 rings (SSSR count). The van der Waals surface area contributed by atoms with Crippen LogP contribution in [0, 0.1) is 29.6 Å². The van der Waals surface area contributed by atoms with Gasteiger partial charge >= 0.3 is 5.76 Å². The van der Waals surface area contributed by atoms with Gasteiger partial charge in [0.05, 0.1) is 18.5 Å². The second-order valence-corrected chi connectivity index (χ2v) is 9.15. The summed E-state index contributed by atoms with van der Waals surface area (Å²) in [7, 11) is 0. The minimum absolute atomic E-state index is 0.107. The van der Waals surface area contributed by atoms with Crippen molar-refractivity contribution >= 4 is 17.6 Å². The first-order valence-corrected chi connectivity index (χ1v) is 11.3. The van der Waals surface area contributed by atoms with Crippen molar-refractivity contribution in [2.24, 2.45) is 17.8 Å². The predicted molar refractivity (Wildman–Crippen MR) is 119 cm³/mol. The largest absolute Gasteiger partial charge is 0.437 e. The van der Waals surface area contributed by atoms with Gasteiger partial charge < -0.3 is 15.1 Å². The molecule has 1 aromatic heterocycles. The van der Waals surface area contributed by atoms with Gasteiger partial charge in [0.1, 0.15) is 0 Å². The molecule has 32 heavy (non-hydrogen) atoms. The second kappa shape index (κ2) is 11.7. The highest BCUT2D eigenvalue weighted by molar-refractivity contribution is 5.99. The number of ketones is 1. The normalized spacial score (nSPS) is 19.2. The maximum absolute atomic E-state index is 13.1. The third-order valence-electron chi connectivity index (χ3n) is 5.35. The third kappa shape index (κ3) is 7.08. The Morgan fingerprint density at radius 1 is 1.16 bits per heavy atom. The first kappa shape index (κ1) is 25.4. The second-order valence-electron chi connectivity index (χ2n) is 9.15. The van der Waals surface area contributed by atoms with Gasteiger partial charge in [-0.3, -0.25) is 14.4 Å². The lowest BCUT2D eigenvalue weighted by molar-refractivity contribution is -0.128. The Morgan fingerprint density at radius 2 is 1.84 bits per heavy atom. The number of Topliss-reactive ketones (excluding diaryl/α,β-unsaturated/α-hetero) is 1. The van der Waals surface area contributed by atoms with E-state index in [2.05, 4.69) is 27.6 Å². The molecule has 9 heteroatoms. The minimum Gasteiger partial charge on any atom is -0.384 e. The molecule has 1 heterocycles. The van der Waals surface area contributed by atoms with Crippen LogP contribution in [0.3, 0.4) is 0 Å². The molecule has 1 unspecified atom stereocenters. The molecular weight excluding hydrogens is 412 g/mol. The van der Waals surface area contributed by atoms with E-state index < -0.39 is 29.4 Å². The van der Waals surface area contributed by atoms with Crippen molar-refractivity contribution in [1.82, 2.24) is 20.4 Å². The standard InChI is InChI=1S/C23H34N4O5/c1-6-9-19(28)24-17-11-8-7-10-16(17)21(30)25-18(12-14(2)3)20(29)22-26-27(13-15(4)5)23(31)32-22/h14-18H,7-8,10-13H2,1-5H3,(H,24,28)(H,25,30)/t16-,17+,18?/m1/s1. The molecule has 2 amide bonds.